The number of benzene rings is 1. The standard InChI is InChI=1S/C14H15NO5/c16-10-19-12-6-8-15(9-7-12)14(18)20-13(17)11-4-2-1-3-5-11/h1-5,10,12H,6-9H2. The molecule has 0 radical (unpaired) electrons. The summed E-state index contributed by atoms with van der Waals surface area (Å²) in [5.74, 6) is -0.665. The molecule has 6 heteroatoms. The molecule has 0 aromatic heterocycles. The van der Waals surface area contributed by atoms with Gasteiger partial charge in [-0.05, 0) is 12.1 Å². The number of carbonyl (C=O) groups excluding carboxylic acids is 3. The van der Waals surface area contributed by atoms with E-state index in [0.29, 0.717) is 38.0 Å². The van der Waals surface area contributed by atoms with Crippen molar-refractivity contribution in [2.45, 2.75) is 18.9 Å². The predicted octanol–water partition coefficient (Wildman–Crippen LogP) is 1.60. The Bertz CT molecular complexity index is 480. The molecule has 2 rings (SSSR count). The topological polar surface area (TPSA) is 72.9 Å². The molecule has 1 saturated heterocycles. The zero-order valence-electron chi connectivity index (χ0n) is 10.9. The molecule has 1 aliphatic rings. The van der Waals surface area contributed by atoms with Gasteiger partial charge in [0.2, 0.25) is 0 Å². The average Bonchev–Trinajstić information content (AvgIpc) is 2.49. The molecule has 0 saturated carbocycles. The van der Waals surface area contributed by atoms with Crippen molar-refractivity contribution in [1.82, 2.24) is 4.90 Å². The normalized spacial score (nSPS) is 15.5. The summed E-state index contributed by atoms with van der Waals surface area (Å²) in [4.78, 5) is 35.2. The summed E-state index contributed by atoms with van der Waals surface area (Å²) in [5, 5.41) is 0. The van der Waals surface area contributed by atoms with Crippen molar-refractivity contribution in [2.24, 2.45) is 0 Å². The monoisotopic (exact) mass is 277 g/mol. The fourth-order valence-electron chi connectivity index (χ4n) is 2.03. The second-order valence-electron chi connectivity index (χ2n) is 4.44. The van der Waals surface area contributed by atoms with E-state index < -0.39 is 12.1 Å². The van der Waals surface area contributed by atoms with Crippen LogP contribution in [0.2, 0.25) is 0 Å². The van der Waals surface area contributed by atoms with Crippen LogP contribution in [0, 0.1) is 0 Å². The van der Waals surface area contributed by atoms with Crippen molar-refractivity contribution < 1.29 is 23.9 Å². The molecule has 1 aromatic rings. The summed E-state index contributed by atoms with van der Waals surface area (Å²) >= 11 is 0. The number of piperidine rings is 1. The molecule has 0 atom stereocenters. The highest BCUT2D eigenvalue weighted by molar-refractivity contribution is 5.96. The number of likely N-dealkylation sites (tertiary alicyclic amines) is 1. The Balaban J connectivity index is 1.84. The van der Waals surface area contributed by atoms with Gasteiger partial charge in [0.05, 0.1) is 5.56 Å². The third-order valence-corrected chi connectivity index (χ3v) is 3.14. The van der Waals surface area contributed by atoms with Crippen molar-refractivity contribution in [2.75, 3.05) is 13.1 Å². The van der Waals surface area contributed by atoms with Gasteiger partial charge in [-0.15, -0.1) is 0 Å². The fraction of sp³-hybridized carbons (Fsp3) is 0.357. The predicted molar refractivity (Wildman–Crippen MR) is 69.0 cm³/mol. The van der Waals surface area contributed by atoms with Crippen LogP contribution >= 0.6 is 0 Å². The van der Waals surface area contributed by atoms with Crippen molar-refractivity contribution in [3.05, 3.63) is 35.9 Å². The van der Waals surface area contributed by atoms with E-state index >= 15 is 0 Å². The van der Waals surface area contributed by atoms with Gasteiger partial charge in [0.1, 0.15) is 6.10 Å². The first-order valence-corrected chi connectivity index (χ1v) is 6.36. The molecule has 20 heavy (non-hydrogen) atoms. The van der Waals surface area contributed by atoms with E-state index in [-0.39, 0.29) is 6.10 Å². The molecule has 6 nitrogen and oxygen atoms in total. The number of hydrogen-bond donors (Lipinski definition) is 0. The van der Waals surface area contributed by atoms with E-state index in [9.17, 15) is 14.4 Å². The lowest BCUT2D eigenvalue weighted by molar-refractivity contribution is -0.135. The van der Waals surface area contributed by atoms with Crippen LogP contribution in [0.15, 0.2) is 30.3 Å². The largest absolute Gasteiger partial charge is 0.464 e. The lowest BCUT2D eigenvalue weighted by atomic mass is 10.1. The van der Waals surface area contributed by atoms with Crippen LogP contribution in [0.3, 0.4) is 0 Å². The highest BCUT2D eigenvalue weighted by Gasteiger charge is 2.26. The van der Waals surface area contributed by atoms with Gasteiger partial charge in [0.25, 0.3) is 6.47 Å². The summed E-state index contributed by atoms with van der Waals surface area (Å²) in [5.41, 5.74) is 0.333. The van der Waals surface area contributed by atoms with E-state index in [1.807, 2.05) is 0 Å². The molecule has 0 unspecified atom stereocenters. The number of esters is 1. The van der Waals surface area contributed by atoms with Crippen LogP contribution in [0.25, 0.3) is 0 Å². The van der Waals surface area contributed by atoms with Gasteiger partial charge in [-0.3, -0.25) is 4.79 Å². The van der Waals surface area contributed by atoms with E-state index in [2.05, 4.69) is 0 Å². The van der Waals surface area contributed by atoms with Gasteiger partial charge in [-0.25, -0.2) is 9.59 Å². The zero-order chi connectivity index (χ0) is 14.4. The minimum absolute atomic E-state index is 0.165. The summed E-state index contributed by atoms with van der Waals surface area (Å²) in [6.07, 6.45) is 0.269. The lowest BCUT2D eigenvalue weighted by Gasteiger charge is -2.29. The highest BCUT2D eigenvalue weighted by atomic mass is 16.6. The smallest absolute Gasteiger partial charge is 0.417 e. The van der Waals surface area contributed by atoms with Gasteiger partial charge in [-0.2, -0.15) is 0 Å². The maximum Gasteiger partial charge on any atom is 0.417 e. The van der Waals surface area contributed by atoms with E-state index in [4.69, 9.17) is 9.47 Å². The van der Waals surface area contributed by atoms with Gasteiger partial charge in [0.15, 0.2) is 0 Å². The molecule has 1 aromatic carbocycles. The third kappa shape index (κ3) is 3.57. The Morgan fingerprint density at radius 2 is 1.80 bits per heavy atom. The molecule has 0 aliphatic carbocycles. The maximum absolute atomic E-state index is 11.8. The van der Waals surface area contributed by atoms with Crippen molar-refractivity contribution in [1.29, 1.82) is 0 Å². The number of amides is 1. The first kappa shape index (κ1) is 14.0. The minimum Gasteiger partial charge on any atom is -0.464 e. The Labute approximate surface area is 116 Å². The minimum atomic E-state index is -0.665. The van der Waals surface area contributed by atoms with Crippen LogP contribution < -0.4 is 0 Å². The van der Waals surface area contributed by atoms with Crippen LogP contribution in [-0.2, 0) is 14.3 Å². The summed E-state index contributed by atoms with van der Waals surface area (Å²) in [7, 11) is 0. The molecular formula is C14H15NO5. The molecule has 0 N–H and O–H groups in total. The fourth-order valence-corrected chi connectivity index (χ4v) is 2.03. The highest BCUT2D eigenvalue weighted by Crippen LogP contribution is 2.14. The number of carbonyl (C=O) groups is 3. The van der Waals surface area contributed by atoms with E-state index in [1.165, 1.54) is 4.90 Å². The van der Waals surface area contributed by atoms with Crippen LogP contribution in [0.1, 0.15) is 23.2 Å². The van der Waals surface area contributed by atoms with Gasteiger partial charge in [-0.1, -0.05) is 18.2 Å². The Kier molecular flexibility index (Phi) is 4.70. The summed E-state index contributed by atoms with van der Waals surface area (Å²) < 4.78 is 9.64. The number of hydrogen-bond acceptors (Lipinski definition) is 5. The quantitative estimate of drug-likeness (QED) is 0.476. The van der Waals surface area contributed by atoms with E-state index in [0.717, 1.165) is 0 Å². The maximum atomic E-state index is 11.8. The second kappa shape index (κ2) is 6.70. The molecule has 1 fully saturated rings. The summed E-state index contributed by atoms with van der Waals surface area (Å²) in [6.45, 7) is 1.22. The van der Waals surface area contributed by atoms with Crippen LogP contribution in [0.4, 0.5) is 4.79 Å². The van der Waals surface area contributed by atoms with Crippen LogP contribution in [0.5, 0.6) is 0 Å². The van der Waals surface area contributed by atoms with Gasteiger partial charge in [0, 0.05) is 25.9 Å². The van der Waals surface area contributed by atoms with Gasteiger partial charge < -0.3 is 14.4 Å². The molecule has 0 spiro atoms. The van der Waals surface area contributed by atoms with Crippen molar-refractivity contribution in [3.8, 4) is 0 Å². The molecule has 1 aliphatic heterocycles. The number of rotatable bonds is 3. The zero-order valence-corrected chi connectivity index (χ0v) is 10.9. The first-order valence-electron chi connectivity index (χ1n) is 6.36. The van der Waals surface area contributed by atoms with E-state index in [1.54, 1.807) is 30.3 Å². The lowest BCUT2D eigenvalue weighted by Crippen LogP contribution is -2.41. The van der Waals surface area contributed by atoms with Crippen LogP contribution in [-0.4, -0.2) is 42.6 Å². The number of ether oxygens (including phenoxy) is 2. The summed E-state index contributed by atoms with van der Waals surface area (Å²) in [6, 6.07) is 8.34. The van der Waals surface area contributed by atoms with Gasteiger partial charge >= 0.3 is 12.1 Å². The average molecular weight is 277 g/mol. The molecule has 0 bridgehead atoms. The first-order chi connectivity index (χ1) is 9.70. The second-order valence-corrected chi connectivity index (χ2v) is 4.44. The van der Waals surface area contributed by atoms with Crippen molar-refractivity contribution in [3.63, 3.8) is 0 Å². The Morgan fingerprint density at radius 3 is 2.40 bits per heavy atom. The molecule has 106 valence electrons. The van der Waals surface area contributed by atoms with Crippen molar-refractivity contribution >= 4 is 18.5 Å². The molecular weight excluding hydrogens is 262 g/mol. The Hall–Kier alpha value is -2.37. The Morgan fingerprint density at radius 1 is 1.15 bits per heavy atom. The molecule has 1 heterocycles. The SMILES string of the molecule is O=COC1CCN(C(=O)OC(=O)c2ccccc2)CC1. The number of nitrogens with zero attached hydrogens (tertiary/aromatic N) is 1. The third-order valence-electron chi connectivity index (χ3n) is 3.14. The molecule has 1 amide bonds.